The van der Waals surface area contributed by atoms with Crippen molar-refractivity contribution in [1.29, 1.82) is 0 Å². The van der Waals surface area contributed by atoms with Crippen LogP contribution in [0, 0.1) is 13.8 Å². The standard InChI is InChI=1S/C15H17BrN2O2S/c1-10-4-3-5-14(11(10)2)18-21(19,20)15-7-6-12(9-17)8-13(15)16/h3-8,18H,9,17H2,1-2H3. The van der Waals surface area contributed by atoms with Gasteiger partial charge in [-0.3, -0.25) is 4.72 Å². The number of sulfonamides is 1. The Kier molecular flexibility index (Phi) is 4.70. The molecule has 6 heteroatoms. The third kappa shape index (κ3) is 3.45. The van der Waals surface area contributed by atoms with Crippen LogP contribution in [0.5, 0.6) is 0 Å². The summed E-state index contributed by atoms with van der Waals surface area (Å²) in [5, 5.41) is 0. The van der Waals surface area contributed by atoms with E-state index in [0.29, 0.717) is 16.7 Å². The summed E-state index contributed by atoms with van der Waals surface area (Å²) < 4.78 is 28.2. The molecule has 0 saturated heterocycles. The van der Waals surface area contributed by atoms with E-state index in [0.717, 1.165) is 16.7 Å². The summed E-state index contributed by atoms with van der Waals surface area (Å²) in [6, 6.07) is 10.5. The van der Waals surface area contributed by atoms with Crippen molar-refractivity contribution in [3.63, 3.8) is 0 Å². The molecule has 4 nitrogen and oxygen atoms in total. The molecule has 0 fully saturated rings. The molecular weight excluding hydrogens is 352 g/mol. The molecule has 0 aromatic heterocycles. The Labute approximate surface area is 133 Å². The second-order valence-electron chi connectivity index (χ2n) is 4.82. The minimum atomic E-state index is -3.65. The van der Waals surface area contributed by atoms with Gasteiger partial charge in [0.15, 0.2) is 0 Å². The largest absolute Gasteiger partial charge is 0.326 e. The molecule has 112 valence electrons. The summed E-state index contributed by atoms with van der Waals surface area (Å²) in [6.07, 6.45) is 0. The zero-order chi connectivity index (χ0) is 15.6. The molecule has 0 saturated carbocycles. The fourth-order valence-corrected chi connectivity index (χ4v) is 4.20. The van der Waals surface area contributed by atoms with E-state index in [2.05, 4.69) is 20.7 Å². The minimum Gasteiger partial charge on any atom is -0.326 e. The molecular formula is C15H17BrN2O2S. The Balaban J connectivity index is 2.41. The fourth-order valence-electron chi connectivity index (χ4n) is 1.95. The summed E-state index contributed by atoms with van der Waals surface area (Å²) in [5.74, 6) is 0. The number of anilines is 1. The van der Waals surface area contributed by atoms with Crippen LogP contribution in [-0.4, -0.2) is 8.42 Å². The summed E-state index contributed by atoms with van der Waals surface area (Å²) in [7, 11) is -3.65. The molecule has 2 aromatic rings. The van der Waals surface area contributed by atoms with Crippen molar-refractivity contribution in [3.05, 3.63) is 57.6 Å². The van der Waals surface area contributed by atoms with Crippen LogP contribution in [0.4, 0.5) is 5.69 Å². The van der Waals surface area contributed by atoms with Gasteiger partial charge in [0.05, 0.1) is 5.69 Å². The van der Waals surface area contributed by atoms with Gasteiger partial charge in [0.1, 0.15) is 4.90 Å². The van der Waals surface area contributed by atoms with Crippen molar-refractivity contribution in [2.75, 3.05) is 4.72 Å². The molecule has 0 aliphatic rings. The van der Waals surface area contributed by atoms with Crippen LogP contribution in [0.2, 0.25) is 0 Å². The maximum atomic E-state index is 12.5. The zero-order valence-electron chi connectivity index (χ0n) is 11.9. The lowest BCUT2D eigenvalue weighted by molar-refractivity contribution is 0.600. The first-order valence-corrected chi connectivity index (χ1v) is 8.70. The van der Waals surface area contributed by atoms with Crippen LogP contribution < -0.4 is 10.5 Å². The first kappa shape index (κ1) is 16.0. The van der Waals surface area contributed by atoms with Gasteiger partial charge < -0.3 is 5.73 Å². The first-order chi connectivity index (χ1) is 9.85. The third-order valence-corrected chi connectivity index (χ3v) is 5.71. The first-order valence-electron chi connectivity index (χ1n) is 6.42. The zero-order valence-corrected chi connectivity index (χ0v) is 14.3. The number of nitrogens with one attached hydrogen (secondary N) is 1. The van der Waals surface area contributed by atoms with Crippen LogP contribution in [0.1, 0.15) is 16.7 Å². The third-order valence-electron chi connectivity index (χ3n) is 3.37. The number of benzene rings is 2. The van der Waals surface area contributed by atoms with Gasteiger partial charge in [0.25, 0.3) is 10.0 Å². The number of nitrogens with two attached hydrogens (primary N) is 1. The quantitative estimate of drug-likeness (QED) is 0.869. The molecule has 0 radical (unpaired) electrons. The summed E-state index contributed by atoms with van der Waals surface area (Å²) in [5.41, 5.74) is 8.96. The monoisotopic (exact) mass is 368 g/mol. The van der Waals surface area contributed by atoms with Crippen molar-refractivity contribution in [2.24, 2.45) is 5.73 Å². The smallest absolute Gasteiger partial charge is 0.263 e. The van der Waals surface area contributed by atoms with Gasteiger partial charge in [-0.1, -0.05) is 18.2 Å². The highest BCUT2D eigenvalue weighted by atomic mass is 79.9. The van der Waals surface area contributed by atoms with Crippen LogP contribution in [-0.2, 0) is 16.6 Å². The lowest BCUT2D eigenvalue weighted by atomic mass is 10.1. The molecule has 3 N–H and O–H groups in total. The number of hydrogen-bond acceptors (Lipinski definition) is 3. The Morgan fingerprint density at radius 3 is 2.52 bits per heavy atom. The number of halogens is 1. The average Bonchev–Trinajstić information content (AvgIpc) is 2.43. The van der Waals surface area contributed by atoms with Gasteiger partial charge in [-0.2, -0.15) is 0 Å². The molecule has 0 heterocycles. The van der Waals surface area contributed by atoms with E-state index in [4.69, 9.17) is 5.73 Å². The van der Waals surface area contributed by atoms with Crippen molar-refractivity contribution in [2.45, 2.75) is 25.3 Å². The predicted molar refractivity (Wildman–Crippen MR) is 88.8 cm³/mol. The molecule has 2 rings (SSSR count). The van der Waals surface area contributed by atoms with Crippen LogP contribution in [0.3, 0.4) is 0 Å². The molecule has 0 bridgehead atoms. The highest BCUT2D eigenvalue weighted by Gasteiger charge is 2.19. The van der Waals surface area contributed by atoms with E-state index in [1.165, 1.54) is 0 Å². The second kappa shape index (κ2) is 6.17. The SMILES string of the molecule is Cc1cccc(NS(=O)(=O)c2ccc(CN)cc2Br)c1C. The molecule has 0 spiro atoms. The van der Waals surface area contributed by atoms with Gasteiger partial charge in [-0.15, -0.1) is 0 Å². The molecule has 0 atom stereocenters. The minimum absolute atomic E-state index is 0.195. The Morgan fingerprint density at radius 1 is 1.19 bits per heavy atom. The molecule has 2 aromatic carbocycles. The molecule has 0 aliphatic carbocycles. The maximum absolute atomic E-state index is 12.5. The van der Waals surface area contributed by atoms with Gasteiger partial charge in [0, 0.05) is 11.0 Å². The highest BCUT2D eigenvalue weighted by Crippen LogP contribution is 2.27. The second-order valence-corrected chi connectivity index (χ2v) is 7.33. The number of aryl methyl sites for hydroxylation is 1. The summed E-state index contributed by atoms with van der Waals surface area (Å²) >= 11 is 3.30. The molecule has 0 aliphatic heterocycles. The van der Waals surface area contributed by atoms with Gasteiger partial charge in [-0.25, -0.2) is 8.42 Å². The normalized spacial score (nSPS) is 11.4. The van der Waals surface area contributed by atoms with Crippen LogP contribution in [0.15, 0.2) is 45.8 Å². The topological polar surface area (TPSA) is 72.2 Å². The Morgan fingerprint density at radius 2 is 1.90 bits per heavy atom. The van der Waals surface area contributed by atoms with Gasteiger partial charge in [0.2, 0.25) is 0 Å². The molecule has 21 heavy (non-hydrogen) atoms. The highest BCUT2D eigenvalue weighted by molar-refractivity contribution is 9.10. The lowest BCUT2D eigenvalue weighted by Gasteiger charge is -2.13. The van der Waals surface area contributed by atoms with Gasteiger partial charge >= 0.3 is 0 Å². The van der Waals surface area contributed by atoms with Crippen molar-refractivity contribution in [3.8, 4) is 0 Å². The van der Waals surface area contributed by atoms with E-state index in [-0.39, 0.29) is 4.90 Å². The summed E-state index contributed by atoms with van der Waals surface area (Å²) in [4.78, 5) is 0.195. The van der Waals surface area contributed by atoms with Crippen molar-refractivity contribution >= 4 is 31.6 Å². The predicted octanol–water partition coefficient (Wildman–Crippen LogP) is 3.33. The fraction of sp³-hybridized carbons (Fsp3) is 0.200. The Hall–Kier alpha value is -1.37. The maximum Gasteiger partial charge on any atom is 0.263 e. The van der Waals surface area contributed by atoms with E-state index >= 15 is 0 Å². The Bertz CT molecular complexity index is 773. The number of hydrogen-bond donors (Lipinski definition) is 2. The van der Waals surface area contributed by atoms with E-state index in [1.807, 2.05) is 26.0 Å². The molecule has 0 amide bonds. The lowest BCUT2D eigenvalue weighted by Crippen LogP contribution is -2.15. The molecule has 0 unspecified atom stereocenters. The average molecular weight is 369 g/mol. The summed E-state index contributed by atoms with van der Waals surface area (Å²) in [6.45, 7) is 4.20. The number of rotatable bonds is 4. The van der Waals surface area contributed by atoms with Crippen LogP contribution >= 0.6 is 15.9 Å². The van der Waals surface area contributed by atoms with E-state index < -0.39 is 10.0 Å². The van der Waals surface area contributed by atoms with Gasteiger partial charge in [-0.05, 0) is 64.7 Å². The van der Waals surface area contributed by atoms with E-state index in [9.17, 15) is 8.42 Å². The van der Waals surface area contributed by atoms with Crippen molar-refractivity contribution < 1.29 is 8.42 Å². The van der Waals surface area contributed by atoms with Crippen LogP contribution in [0.25, 0.3) is 0 Å². The van der Waals surface area contributed by atoms with Crippen molar-refractivity contribution in [1.82, 2.24) is 0 Å². The van der Waals surface area contributed by atoms with E-state index in [1.54, 1.807) is 24.3 Å².